The largest absolute Gasteiger partial charge is 2.00 e. The van der Waals surface area contributed by atoms with Gasteiger partial charge in [0.25, 0.3) is 0 Å². The minimum Gasteiger partial charge on any atom is -0.780 e. The van der Waals surface area contributed by atoms with Crippen molar-refractivity contribution in [2.75, 3.05) is 0 Å². The molecule has 4 rings (SSSR count). The summed E-state index contributed by atoms with van der Waals surface area (Å²) < 4.78 is 0. The molecule has 250 valence electrons. The van der Waals surface area contributed by atoms with E-state index < -0.39 is 32.3 Å². The smallest absolute Gasteiger partial charge is 0.780 e. The molecule has 0 N–H and O–H groups in total. The van der Waals surface area contributed by atoms with Crippen LogP contribution in [0.25, 0.3) is 11.1 Å². The molecule has 46 heavy (non-hydrogen) atoms. The monoisotopic (exact) mass is 796 g/mol. The van der Waals surface area contributed by atoms with Crippen molar-refractivity contribution in [2.24, 2.45) is 0 Å². The molecule has 0 unspecified atom stereocenters. The molecule has 0 aliphatic heterocycles. The van der Waals surface area contributed by atoms with Crippen LogP contribution in [0.1, 0.15) is 0 Å². The Kier molecular flexibility index (Phi) is 25.0. The molecule has 4 aromatic rings. The molecule has 4 aromatic carbocycles. The van der Waals surface area contributed by atoms with Gasteiger partial charge in [0.1, 0.15) is 0 Å². The average Bonchev–Trinajstić information content (AvgIpc) is 3.65. The van der Waals surface area contributed by atoms with Crippen LogP contribution in [0.15, 0.2) is 107 Å². The molecule has 0 spiro atoms. The maximum absolute atomic E-state index is 6.67. The van der Waals surface area contributed by atoms with E-state index in [9.17, 15) is 0 Å². The van der Waals surface area contributed by atoms with Gasteiger partial charge < -0.3 is 36.6 Å². The molecule has 0 heterocycles. The summed E-state index contributed by atoms with van der Waals surface area (Å²) in [5.41, 5.74) is 7.37. The third-order valence-corrected chi connectivity index (χ3v) is 12.1. The molecule has 0 aliphatic rings. The first-order chi connectivity index (χ1) is 20.1. The van der Waals surface area contributed by atoms with Gasteiger partial charge in [0.2, 0.25) is 0 Å². The Morgan fingerprint density at radius 2 is 0.848 bits per heavy atom. The number of benzene rings is 2. The zero-order valence-corrected chi connectivity index (χ0v) is 38.1. The van der Waals surface area contributed by atoms with E-state index in [1.807, 2.05) is 36.4 Å². The Morgan fingerprint density at radius 1 is 0.565 bits per heavy atom. The Morgan fingerprint density at radius 3 is 1.04 bits per heavy atom. The zero-order valence-electron chi connectivity index (χ0n) is 29.9. The summed E-state index contributed by atoms with van der Waals surface area (Å²) >= 11 is 9.27. The van der Waals surface area contributed by atoms with Crippen LogP contribution in [-0.4, -0.2) is 32.3 Å². The standard InChI is InChI=1S/C12H10S2.2C8H13Si.2C5H9Si.Cu.Ti/c13-11-5-1-9(2-6-11)10-3-7-12(14)8-4-10;2*1-9(2,3)8-6-4-5-7-8;2*1-5-6(2,3)4;;/h1-8,13-14H;2*4-7H,1-3H3;2*2-4H3;;/q;4*-1;+1;+2/p-1. The molecular weight excluding hydrogens is 744 g/mol. The fraction of sp³-hybridized carbons (Fsp3) is 0.316. The van der Waals surface area contributed by atoms with E-state index in [2.05, 4.69) is 163 Å². The fourth-order valence-corrected chi connectivity index (χ4v) is 5.72. The van der Waals surface area contributed by atoms with E-state index in [4.69, 9.17) is 25.5 Å². The predicted molar refractivity (Wildman–Crippen MR) is 216 cm³/mol. The summed E-state index contributed by atoms with van der Waals surface area (Å²) in [6.45, 7) is 26.7. The molecule has 0 nitrogen and oxygen atoms in total. The second-order valence-corrected chi connectivity index (χ2v) is 35.3. The van der Waals surface area contributed by atoms with Gasteiger partial charge in [-0.15, -0.1) is 12.6 Å². The SMILES string of the molecule is C[Si](C)(C)c1ccc[cH-]1.C[Si](C)(C)c1ccc[cH-]1.[C-]#C[Si](C)(C)C.[C-]#C[Si](C)(C)C.[Cu+].[S-]c1ccc(-c2ccc(S)cc2)cc1.[Ti+2]. The molecule has 0 amide bonds. The van der Waals surface area contributed by atoms with E-state index in [-0.39, 0.29) is 38.8 Å². The maximum Gasteiger partial charge on any atom is 2.00 e. The van der Waals surface area contributed by atoms with Crippen molar-refractivity contribution >= 4 is 67.9 Å². The van der Waals surface area contributed by atoms with E-state index in [1.54, 1.807) is 10.4 Å². The zero-order chi connectivity index (χ0) is 34.2. The summed E-state index contributed by atoms with van der Waals surface area (Å²) in [4.78, 5) is 1.85. The van der Waals surface area contributed by atoms with Crippen molar-refractivity contribution in [3.63, 3.8) is 0 Å². The first kappa shape index (κ1) is 49.3. The number of hydrogen-bond donors (Lipinski definition) is 1. The van der Waals surface area contributed by atoms with Crippen LogP contribution in [0.5, 0.6) is 0 Å². The van der Waals surface area contributed by atoms with E-state index in [1.165, 1.54) is 11.1 Å². The minimum absolute atomic E-state index is 0. The molecule has 0 saturated carbocycles. The van der Waals surface area contributed by atoms with Crippen LogP contribution in [0, 0.1) is 23.9 Å². The van der Waals surface area contributed by atoms with Crippen molar-refractivity contribution in [3.8, 4) is 22.2 Å². The van der Waals surface area contributed by atoms with Crippen LogP contribution in [0.3, 0.4) is 0 Å². The van der Waals surface area contributed by atoms with Crippen molar-refractivity contribution in [1.29, 1.82) is 0 Å². The van der Waals surface area contributed by atoms with Gasteiger partial charge in [-0.1, -0.05) is 115 Å². The summed E-state index contributed by atoms with van der Waals surface area (Å²) in [6.07, 6.45) is 13.3. The van der Waals surface area contributed by atoms with Gasteiger partial charge in [-0.2, -0.15) is 39.5 Å². The second-order valence-electron chi connectivity index (χ2n) is 14.7. The Balaban J connectivity index is -0.000000518. The molecule has 0 bridgehead atoms. The van der Waals surface area contributed by atoms with Crippen molar-refractivity contribution in [1.82, 2.24) is 0 Å². The Labute approximate surface area is 324 Å². The summed E-state index contributed by atoms with van der Waals surface area (Å²) in [5, 5.41) is 3.12. The molecule has 0 aromatic heterocycles. The van der Waals surface area contributed by atoms with Crippen LogP contribution < -0.4 is 10.4 Å². The van der Waals surface area contributed by atoms with Crippen molar-refractivity contribution in [3.05, 3.63) is 110 Å². The summed E-state index contributed by atoms with van der Waals surface area (Å²) in [6, 6.07) is 33.4. The first-order valence-electron chi connectivity index (χ1n) is 15.0. The van der Waals surface area contributed by atoms with Gasteiger partial charge in [-0.05, 0) is 23.3 Å². The minimum atomic E-state index is -1.21. The van der Waals surface area contributed by atoms with Gasteiger partial charge in [-0.25, -0.2) is 24.3 Å². The fourth-order valence-electron chi connectivity index (χ4n) is 3.05. The molecule has 8 heteroatoms. The van der Waals surface area contributed by atoms with Gasteiger partial charge in [0.15, 0.2) is 0 Å². The van der Waals surface area contributed by atoms with Gasteiger partial charge in [-0.3, -0.25) is 0 Å². The maximum atomic E-state index is 6.67. The Bertz CT molecular complexity index is 1280. The molecule has 0 atom stereocenters. The third-order valence-electron chi connectivity index (χ3n) is 5.86. The van der Waals surface area contributed by atoms with Gasteiger partial charge in [0, 0.05) is 4.90 Å². The van der Waals surface area contributed by atoms with E-state index in [0.717, 1.165) is 9.79 Å². The molecule has 0 saturated heterocycles. The topological polar surface area (TPSA) is 0 Å². The molecule has 0 aliphatic carbocycles. The number of hydrogen-bond acceptors (Lipinski definition) is 2. The van der Waals surface area contributed by atoms with Crippen molar-refractivity contribution in [2.45, 2.75) is 88.4 Å². The molecule has 0 radical (unpaired) electrons. The molecule has 0 fully saturated rings. The molecular formula is C38H53CuS2Si4Ti-2. The number of thiol groups is 1. The van der Waals surface area contributed by atoms with E-state index in [0.29, 0.717) is 0 Å². The van der Waals surface area contributed by atoms with Crippen LogP contribution >= 0.6 is 12.6 Å². The van der Waals surface area contributed by atoms with Crippen LogP contribution in [0.4, 0.5) is 0 Å². The van der Waals surface area contributed by atoms with Crippen LogP contribution in [0.2, 0.25) is 78.6 Å². The Hall–Kier alpha value is -1.07. The summed E-state index contributed by atoms with van der Waals surface area (Å²) in [5.74, 6) is 0. The third kappa shape index (κ3) is 25.0. The second kappa shape index (κ2) is 23.3. The summed E-state index contributed by atoms with van der Waals surface area (Å²) in [7, 11) is -4.39. The van der Waals surface area contributed by atoms with Gasteiger partial charge in [0.05, 0.1) is 32.3 Å². The number of rotatable bonds is 3. The van der Waals surface area contributed by atoms with Crippen molar-refractivity contribution < 1.29 is 38.8 Å². The average molecular weight is 798 g/mol. The van der Waals surface area contributed by atoms with Crippen LogP contribution in [-0.2, 0) is 51.4 Å². The predicted octanol–water partition coefficient (Wildman–Crippen LogP) is 10.4. The van der Waals surface area contributed by atoms with E-state index >= 15 is 0 Å². The normalized spacial score (nSPS) is 10.4. The quantitative estimate of drug-likeness (QED) is 0.0709. The van der Waals surface area contributed by atoms with Gasteiger partial charge >= 0.3 is 38.8 Å². The first-order valence-corrected chi connectivity index (χ1v) is 29.8.